The van der Waals surface area contributed by atoms with Crippen molar-refractivity contribution in [2.24, 2.45) is 0 Å². The molecule has 0 unspecified atom stereocenters. The summed E-state index contributed by atoms with van der Waals surface area (Å²) in [6.45, 7) is 0. The zero-order valence-corrected chi connectivity index (χ0v) is 10.0. The molecule has 2 aromatic carbocycles. The average Bonchev–Trinajstić information content (AvgIpc) is 2.53. The maximum atomic E-state index is 14.1. The standard InChI is InChI=1S/C15H8F4O/c16-14(17)8-7-9-5-6-12(20)10-3-1-2-4-11(10)13(9)15(14,18)19/h1-8H. The Morgan fingerprint density at radius 2 is 1.50 bits per heavy atom. The van der Waals surface area contributed by atoms with E-state index in [-0.39, 0.29) is 22.4 Å². The second kappa shape index (κ2) is 3.91. The predicted octanol–water partition coefficient (Wildman–Crippen LogP) is 3.95. The van der Waals surface area contributed by atoms with Gasteiger partial charge in [0.25, 0.3) is 0 Å². The molecule has 2 aromatic rings. The third kappa shape index (κ3) is 1.59. The number of hydrogen-bond donors (Lipinski definition) is 0. The topological polar surface area (TPSA) is 17.1 Å². The van der Waals surface area contributed by atoms with Gasteiger partial charge in [0.2, 0.25) is 0 Å². The van der Waals surface area contributed by atoms with Gasteiger partial charge in [-0.2, -0.15) is 17.6 Å². The van der Waals surface area contributed by atoms with E-state index in [0.29, 0.717) is 0 Å². The van der Waals surface area contributed by atoms with Gasteiger partial charge in [0.05, 0.1) is 0 Å². The van der Waals surface area contributed by atoms with E-state index in [1.54, 1.807) is 0 Å². The molecule has 0 aliphatic heterocycles. The highest BCUT2D eigenvalue weighted by Gasteiger charge is 2.58. The van der Waals surface area contributed by atoms with Crippen molar-refractivity contribution in [3.63, 3.8) is 0 Å². The average molecular weight is 280 g/mol. The van der Waals surface area contributed by atoms with Crippen molar-refractivity contribution in [3.05, 3.63) is 63.8 Å². The number of alkyl halides is 4. The Hall–Kier alpha value is -2.17. The minimum Gasteiger partial charge on any atom is -0.289 e. The van der Waals surface area contributed by atoms with Gasteiger partial charge in [-0.3, -0.25) is 4.79 Å². The van der Waals surface area contributed by atoms with Crippen LogP contribution in [0.4, 0.5) is 17.6 Å². The molecule has 0 atom stereocenters. The molecule has 1 aliphatic rings. The van der Waals surface area contributed by atoms with Crippen LogP contribution in [0.25, 0.3) is 16.8 Å². The van der Waals surface area contributed by atoms with E-state index in [0.717, 1.165) is 18.2 Å². The van der Waals surface area contributed by atoms with Crippen LogP contribution in [0.3, 0.4) is 0 Å². The van der Waals surface area contributed by atoms with Crippen LogP contribution in [0.2, 0.25) is 0 Å². The summed E-state index contributed by atoms with van der Waals surface area (Å²) >= 11 is 0. The van der Waals surface area contributed by atoms with E-state index >= 15 is 0 Å². The Labute approximate surface area is 111 Å². The molecule has 0 radical (unpaired) electrons. The Bertz CT molecular complexity index is 793. The number of allylic oxidation sites excluding steroid dienone is 1. The van der Waals surface area contributed by atoms with Gasteiger partial charge in [-0.15, -0.1) is 0 Å². The maximum absolute atomic E-state index is 14.1. The molecule has 0 spiro atoms. The lowest BCUT2D eigenvalue weighted by molar-refractivity contribution is -0.186. The first-order valence-corrected chi connectivity index (χ1v) is 5.86. The SMILES string of the molecule is O=c1ccc2c(c3ccccc13)C(F)(F)C(F)(F)C=C2. The zero-order valence-electron chi connectivity index (χ0n) is 10.0. The minimum absolute atomic E-state index is 0.000440. The van der Waals surface area contributed by atoms with Crippen LogP contribution in [-0.2, 0) is 5.92 Å². The van der Waals surface area contributed by atoms with Crippen LogP contribution >= 0.6 is 0 Å². The van der Waals surface area contributed by atoms with Crippen molar-refractivity contribution < 1.29 is 17.6 Å². The first-order chi connectivity index (χ1) is 9.34. The van der Waals surface area contributed by atoms with Crippen LogP contribution in [0.5, 0.6) is 0 Å². The summed E-state index contributed by atoms with van der Waals surface area (Å²) in [5, 5.41) is -0.147. The maximum Gasteiger partial charge on any atom is 0.340 e. The second-order valence-corrected chi connectivity index (χ2v) is 4.60. The molecule has 0 fully saturated rings. The molecule has 5 heteroatoms. The minimum atomic E-state index is -4.36. The van der Waals surface area contributed by atoms with Gasteiger partial charge in [0.15, 0.2) is 5.43 Å². The van der Waals surface area contributed by atoms with Crippen LogP contribution in [-0.4, -0.2) is 5.92 Å². The summed E-state index contributed by atoms with van der Waals surface area (Å²) in [4.78, 5) is 11.9. The number of hydrogen-bond acceptors (Lipinski definition) is 1. The fourth-order valence-corrected chi connectivity index (χ4v) is 2.37. The Morgan fingerprint density at radius 3 is 2.20 bits per heavy atom. The molecule has 0 heterocycles. The monoisotopic (exact) mass is 280 g/mol. The molecule has 20 heavy (non-hydrogen) atoms. The van der Waals surface area contributed by atoms with E-state index in [2.05, 4.69) is 0 Å². The van der Waals surface area contributed by atoms with E-state index in [1.807, 2.05) is 0 Å². The van der Waals surface area contributed by atoms with Gasteiger partial charge < -0.3 is 0 Å². The number of benzene rings is 1. The fourth-order valence-electron chi connectivity index (χ4n) is 2.37. The van der Waals surface area contributed by atoms with Gasteiger partial charge in [0, 0.05) is 10.9 Å². The van der Waals surface area contributed by atoms with Crippen molar-refractivity contribution in [2.75, 3.05) is 0 Å². The summed E-state index contributed by atoms with van der Waals surface area (Å²) in [5.41, 5.74) is -1.36. The summed E-state index contributed by atoms with van der Waals surface area (Å²) in [7, 11) is 0. The smallest absolute Gasteiger partial charge is 0.289 e. The molecule has 0 N–H and O–H groups in total. The summed E-state index contributed by atoms with van der Waals surface area (Å²) in [5.74, 6) is -8.64. The Balaban J connectivity index is 2.57. The second-order valence-electron chi connectivity index (χ2n) is 4.60. The largest absolute Gasteiger partial charge is 0.340 e. The molecule has 1 nitrogen and oxygen atoms in total. The van der Waals surface area contributed by atoms with Gasteiger partial charge in [-0.1, -0.05) is 36.4 Å². The highest BCUT2D eigenvalue weighted by atomic mass is 19.3. The molecule has 3 rings (SSSR count). The molecule has 102 valence electrons. The van der Waals surface area contributed by atoms with Crippen molar-refractivity contribution >= 4 is 16.8 Å². The van der Waals surface area contributed by atoms with Crippen molar-refractivity contribution in [1.29, 1.82) is 0 Å². The molecule has 0 aromatic heterocycles. The van der Waals surface area contributed by atoms with E-state index < -0.39 is 22.8 Å². The molecule has 0 saturated heterocycles. The van der Waals surface area contributed by atoms with Gasteiger partial charge in [0.1, 0.15) is 0 Å². The molecule has 0 saturated carbocycles. The third-order valence-electron chi connectivity index (χ3n) is 3.37. The van der Waals surface area contributed by atoms with Crippen molar-refractivity contribution in [1.82, 2.24) is 0 Å². The highest BCUT2D eigenvalue weighted by molar-refractivity contribution is 5.89. The quantitative estimate of drug-likeness (QED) is 0.668. The van der Waals surface area contributed by atoms with Crippen LogP contribution in [0.1, 0.15) is 11.1 Å². The van der Waals surface area contributed by atoms with Gasteiger partial charge >= 0.3 is 11.8 Å². The van der Waals surface area contributed by atoms with E-state index in [4.69, 9.17) is 0 Å². The molecular formula is C15H8F4O. The van der Waals surface area contributed by atoms with E-state index in [9.17, 15) is 22.4 Å². The first-order valence-electron chi connectivity index (χ1n) is 5.86. The highest BCUT2D eigenvalue weighted by Crippen LogP contribution is 2.49. The van der Waals surface area contributed by atoms with Crippen molar-refractivity contribution in [2.45, 2.75) is 11.8 Å². The summed E-state index contributed by atoms with van der Waals surface area (Å²) in [6, 6.07) is 7.82. The molecular weight excluding hydrogens is 272 g/mol. The number of halogens is 4. The van der Waals surface area contributed by atoms with Crippen molar-refractivity contribution in [3.8, 4) is 0 Å². The van der Waals surface area contributed by atoms with Gasteiger partial charge in [-0.25, -0.2) is 0 Å². The first kappa shape index (κ1) is 12.8. The lowest BCUT2D eigenvalue weighted by Crippen LogP contribution is -2.38. The number of rotatable bonds is 0. The van der Waals surface area contributed by atoms with Gasteiger partial charge in [-0.05, 0) is 23.1 Å². The number of fused-ring (bicyclic) bond motifs is 3. The molecule has 1 aliphatic carbocycles. The van der Waals surface area contributed by atoms with Crippen LogP contribution < -0.4 is 5.43 Å². The van der Waals surface area contributed by atoms with Crippen LogP contribution in [0.15, 0.2) is 47.3 Å². The normalized spacial score (nSPS) is 18.8. The fraction of sp³-hybridized carbons (Fsp3) is 0.133. The Kier molecular flexibility index (Phi) is 2.51. The summed E-state index contributed by atoms with van der Waals surface area (Å²) < 4.78 is 55.2. The lowest BCUT2D eigenvalue weighted by atomic mass is 9.90. The zero-order chi connectivity index (χ0) is 14.5. The predicted molar refractivity (Wildman–Crippen MR) is 68.1 cm³/mol. The lowest BCUT2D eigenvalue weighted by Gasteiger charge is -2.29. The van der Waals surface area contributed by atoms with E-state index in [1.165, 1.54) is 24.3 Å². The third-order valence-corrected chi connectivity index (χ3v) is 3.37. The molecule has 0 bridgehead atoms. The van der Waals surface area contributed by atoms with Crippen LogP contribution in [0, 0.1) is 0 Å². The molecule has 0 amide bonds. The Morgan fingerprint density at radius 1 is 0.850 bits per heavy atom. The summed E-state index contributed by atoms with van der Waals surface area (Å²) in [6.07, 6.45) is 1.10.